The summed E-state index contributed by atoms with van der Waals surface area (Å²) in [6, 6.07) is 3.05. The number of aliphatic hydroxyl groups excluding tert-OH is 2. The largest absolute Gasteiger partial charge is 0.393 e. The van der Waals surface area contributed by atoms with E-state index < -0.39 is 0 Å². The average Bonchev–Trinajstić information content (AvgIpc) is 3.20. The highest BCUT2D eigenvalue weighted by Gasteiger charge is 2.35. The second-order valence-corrected chi connectivity index (χ2v) is 19.4. The topological polar surface area (TPSA) is 150 Å². The van der Waals surface area contributed by atoms with Crippen molar-refractivity contribution in [3.05, 3.63) is 0 Å². The number of thioether (sulfide) groups is 3. The van der Waals surface area contributed by atoms with Crippen LogP contribution in [-0.2, 0) is 0 Å². The van der Waals surface area contributed by atoms with Crippen LogP contribution in [0, 0.1) is 0 Å². The molecule has 8 aliphatic heterocycles. The summed E-state index contributed by atoms with van der Waals surface area (Å²) in [5, 5.41) is 41.2. The molecule has 53 heavy (non-hydrogen) atoms. The van der Waals surface area contributed by atoms with E-state index in [0.717, 1.165) is 136 Å². The molecule has 0 aromatic rings. The lowest BCUT2D eigenvalue weighted by molar-refractivity contribution is -0.542. The third-order valence-electron chi connectivity index (χ3n) is 12.2. The van der Waals surface area contributed by atoms with Crippen LogP contribution in [0.25, 0.3) is 0 Å². The Morgan fingerprint density at radius 2 is 0.830 bits per heavy atom. The molecule has 0 bridgehead atoms. The molecule has 0 unspecified atom stereocenters. The van der Waals surface area contributed by atoms with Gasteiger partial charge in [0.2, 0.25) is 0 Å². The van der Waals surface area contributed by atoms with Crippen LogP contribution in [0.15, 0.2) is 9.98 Å². The predicted molar refractivity (Wildman–Crippen MR) is 220 cm³/mol. The van der Waals surface area contributed by atoms with Crippen molar-refractivity contribution in [2.45, 2.75) is 99.7 Å². The zero-order valence-corrected chi connectivity index (χ0v) is 33.8. The van der Waals surface area contributed by atoms with Gasteiger partial charge in [-0.2, -0.15) is 35.3 Å². The molecule has 8 atom stereocenters. The number of aliphatic imine (C=N–C) groups is 2. The number of fused-ring (bicyclic) bond motifs is 2. The zero-order chi connectivity index (χ0) is 36.0. The summed E-state index contributed by atoms with van der Waals surface area (Å²) in [6.07, 6.45) is 9.02. The number of rotatable bonds is 14. The molecule has 8 N–H and O–H groups in total. The van der Waals surface area contributed by atoms with Gasteiger partial charge >= 0.3 is 11.9 Å². The molecule has 0 saturated carbocycles. The standard InChI is InChI=1S/C36H62N12O2S3/c49-17-25-1-9-45-11-3-27(39-33(45)37-25)19-51-21-29-5-13-47-15-7-31(43-35(47)41-29)23-53-24-32-8-16-48-14-6-30(42-36(48)44-32)22-52-20-28-4-12-46-10-2-26(18-50)38-34(46)40-28/h25-32,49-50H,1-24H2,(H4,37,38,39,40,41,42,43,44)/p+2/t25-,26-,27-,28-,29-,30-,31-,32-/m1/s1. The summed E-state index contributed by atoms with van der Waals surface area (Å²) in [5.41, 5.74) is 0. The van der Waals surface area contributed by atoms with Crippen molar-refractivity contribution < 1.29 is 19.4 Å². The Morgan fingerprint density at radius 1 is 0.472 bits per heavy atom. The van der Waals surface area contributed by atoms with E-state index in [4.69, 9.17) is 9.98 Å². The second-order valence-electron chi connectivity index (χ2n) is 16.2. The lowest BCUT2D eigenvalue weighted by atomic mass is 10.1. The molecule has 0 amide bonds. The van der Waals surface area contributed by atoms with Crippen LogP contribution < -0.4 is 31.9 Å². The average molecular weight is 793 g/mol. The van der Waals surface area contributed by atoms with E-state index in [1.165, 1.54) is 25.7 Å². The summed E-state index contributed by atoms with van der Waals surface area (Å²) in [4.78, 5) is 15.4. The van der Waals surface area contributed by atoms with Gasteiger partial charge in [-0.1, -0.05) is 0 Å². The number of hydrogen-bond acceptors (Lipinski definition) is 15. The Kier molecular flexibility index (Phi) is 13.1. The number of nitrogens with one attached hydrogen (secondary N) is 6. The fourth-order valence-electron chi connectivity index (χ4n) is 8.77. The van der Waals surface area contributed by atoms with Crippen LogP contribution >= 0.6 is 35.3 Å². The Balaban J connectivity index is 0.724. The normalized spacial score (nSPS) is 34.0. The van der Waals surface area contributed by atoms with Gasteiger partial charge < -0.3 is 30.6 Å². The summed E-state index contributed by atoms with van der Waals surface area (Å²) in [5.74, 6) is 11.1. The van der Waals surface area contributed by atoms with E-state index in [0.29, 0.717) is 36.3 Å². The Bertz CT molecular complexity index is 1280. The maximum absolute atomic E-state index is 9.58. The monoisotopic (exact) mass is 792 g/mol. The Labute approximate surface area is 328 Å². The van der Waals surface area contributed by atoms with Gasteiger partial charge in [0, 0.05) is 98.5 Å². The van der Waals surface area contributed by atoms with Crippen molar-refractivity contribution in [1.29, 1.82) is 0 Å². The van der Waals surface area contributed by atoms with Crippen LogP contribution in [0.4, 0.5) is 0 Å². The molecule has 17 heteroatoms. The summed E-state index contributed by atoms with van der Waals surface area (Å²) in [6.45, 7) is 9.09. The van der Waals surface area contributed by atoms with Gasteiger partial charge in [0.25, 0.3) is 0 Å². The summed E-state index contributed by atoms with van der Waals surface area (Å²) in [7, 11) is 0. The van der Waals surface area contributed by atoms with Gasteiger partial charge in [-0.3, -0.25) is 30.4 Å². The lowest BCUT2D eigenvalue weighted by Crippen LogP contribution is -2.60. The van der Waals surface area contributed by atoms with E-state index in [1.54, 1.807) is 0 Å². The minimum Gasteiger partial charge on any atom is -0.393 e. The Morgan fingerprint density at radius 3 is 1.26 bits per heavy atom. The van der Waals surface area contributed by atoms with E-state index in [2.05, 4.69) is 62.6 Å². The van der Waals surface area contributed by atoms with Crippen LogP contribution in [0.1, 0.15) is 51.4 Å². The lowest BCUT2D eigenvalue weighted by Gasteiger charge is -2.41. The summed E-state index contributed by atoms with van der Waals surface area (Å²) < 4.78 is 4.79. The molecule has 0 radical (unpaired) electrons. The minimum absolute atomic E-state index is 0.176. The molecule has 14 nitrogen and oxygen atoms in total. The van der Waals surface area contributed by atoms with Crippen LogP contribution in [0.3, 0.4) is 0 Å². The Hall–Kier alpha value is -1.95. The molecule has 8 heterocycles. The molecular weight excluding hydrogens is 729 g/mol. The van der Waals surface area contributed by atoms with E-state index in [-0.39, 0.29) is 25.3 Å². The zero-order valence-electron chi connectivity index (χ0n) is 31.4. The van der Waals surface area contributed by atoms with E-state index in [9.17, 15) is 10.2 Å². The molecule has 2 fully saturated rings. The van der Waals surface area contributed by atoms with Gasteiger partial charge in [-0.15, -0.1) is 0 Å². The van der Waals surface area contributed by atoms with Gasteiger partial charge in [0.1, 0.15) is 12.1 Å². The number of nitrogens with zero attached hydrogens (tertiary/aromatic N) is 6. The van der Waals surface area contributed by atoms with Crippen molar-refractivity contribution in [2.75, 3.05) is 100 Å². The molecule has 0 aromatic carbocycles. The first kappa shape index (κ1) is 37.9. The number of aliphatic hydroxyl groups is 2. The molecule has 0 spiro atoms. The molecule has 8 aliphatic rings. The van der Waals surface area contributed by atoms with Crippen LogP contribution in [0.2, 0.25) is 0 Å². The predicted octanol–water partition coefficient (Wildman–Crippen LogP) is -1.06. The molecule has 2 saturated heterocycles. The van der Waals surface area contributed by atoms with Gasteiger partial charge in [-0.25, -0.2) is 9.98 Å². The van der Waals surface area contributed by atoms with Crippen molar-refractivity contribution in [1.82, 2.24) is 41.7 Å². The first-order valence-electron chi connectivity index (χ1n) is 20.5. The quantitative estimate of drug-likeness (QED) is 0.101. The van der Waals surface area contributed by atoms with Gasteiger partial charge in [0.05, 0.1) is 63.6 Å². The van der Waals surface area contributed by atoms with E-state index in [1.807, 2.05) is 23.5 Å². The SMILES string of the molecule is OC[C@H]1CC[N+]2=C(N[C@@H](CSC[C@H]3CCN4CC[C@H](CSC[C@H]5CCN6CC[C@H](CSC[C@H]7CC[N+]8=C(N7)N[C@@H](CO)CC8)N=C6N5)NC4=N3)CC2)N1. The number of guanidine groups is 4. The van der Waals surface area contributed by atoms with Gasteiger partial charge in [-0.05, 0) is 25.7 Å². The first-order chi connectivity index (χ1) is 26.1. The van der Waals surface area contributed by atoms with Crippen LogP contribution in [0.5, 0.6) is 0 Å². The van der Waals surface area contributed by atoms with Crippen molar-refractivity contribution in [2.24, 2.45) is 9.98 Å². The maximum Gasteiger partial charge on any atom is 0.346 e. The smallest absolute Gasteiger partial charge is 0.346 e. The molecule has 296 valence electrons. The van der Waals surface area contributed by atoms with Crippen LogP contribution in [-0.4, -0.2) is 201 Å². The fourth-order valence-corrected chi connectivity index (χ4v) is 12.3. The first-order valence-corrected chi connectivity index (χ1v) is 24.0. The minimum atomic E-state index is 0.176. The fraction of sp³-hybridized carbons (Fsp3) is 0.889. The van der Waals surface area contributed by atoms with Crippen molar-refractivity contribution in [3.8, 4) is 0 Å². The third-order valence-corrected chi connectivity index (χ3v) is 16.0. The molecular formula is C36H64N12O2S3+2. The molecule has 8 rings (SSSR count). The third kappa shape index (κ3) is 9.90. The van der Waals surface area contributed by atoms with E-state index >= 15 is 0 Å². The highest BCUT2D eigenvalue weighted by molar-refractivity contribution is 7.99. The molecule has 0 aliphatic carbocycles. The summed E-state index contributed by atoms with van der Waals surface area (Å²) >= 11 is 6.16. The highest BCUT2D eigenvalue weighted by Crippen LogP contribution is 2.23. The van der Waals surface area contributed by atoms with Crippen molar-refractivity contribution in [3.63, 3.8) is 0 Å². The molecule has 0 aromatic heterocycles. The highest BCUT2D eigenvalue weighted by atomic mass is 32.2. The second kappa shape index (κ2) is 18.3. The van der Waals surface area contributed by atoms with Crippen molar-refractivity contribution >= 4 is 59.1 Å². The number of hydrogen-bond donors (Lipinski definition) is 8. The maximum atomic E-state index is 9.58. The van der Waals surface area contributed by atoms with Gasteiger partial charge in [0.15, 0.2) is 11.9 Å².